The highest BCUT2D eigenvalue weighted by molar-refractivity contribution is 5.94. The van der Waals surface area contributed by atoms with E-state index in [1.54, 1.807) is 6.92 Å². The van der Waals surface area contributed by atoms with Gasteiger partial charge in [0, 0.05) is 5.56 Å². The second-order valence-electron chi connectivity index (χ2n) is 4.62. The van der Waals surface area contributed by atoms with Gasteiger partial charge in [-0.1, -0.05) is 0 Å². The molecule has 0 saturated carbocycles. The molecule has 4 nitrogen and oxygen atoms in total. The predicted octanol–water partition coefficient (Wildman–Crippen LogP) is 2.96. The smallest absolute Gasteiger partial charge is 0.454 e. The van der Waals surface area contributed by atoms with Crippen LogP contribution in [0.3, 0.4) is 0 Å². The van der Waals surface area contributed by atoms with E-state index in [9.17, 15) is 23.1 Å². The molecule has 1 aromatic rings. The number of aliphatic hydroxyl groups excluding tert-OH is 1. The minimum atomic E-state index is -4.78. The van der Waals surface area contributed by atoms with Crippen LogP contribution in [0.25, 0.3) is 0 Å². The summed E-state index contributed by atoms with van der Waals surface area (Å²) in [6.07, 6.45) is -5.29. The van der Waals surface area contributed by atoms with Gasteiger partial charge in [-0.15, -0.1) is 13.2 Å². The van der Waals surface area contributed by atoms with Crippen LogP contribution in [-0.2, 0) is 4.74 Å². The first-order valence-electron chi connectivity index (χ1n) is 6.05. The number of cyclic esters (lactones) is 1. The number of rotatable bonds is 4. The summed E-state index contributed by atoms with van der Waals surface area (Å²) >= 11 is 0. The van der Waals surface area contributed by atoms with Crippen LogP contribution >= 0.6 is 0 Å². The molecule has 0 aliphatic carbocycles. The predicted molar refractivity (Wildman–Crippen MR) is 62.2 cm³/mol. The Morgan fingerprint density at radius 3 is 2.75 bits per heavy atom. The van der Waals surface area contributed by atoms with Gasteiger partial charge < -0.3 is 14.6 Å². The van der Waals surface area contributed by atoms with Gasteiger partial charge in [0.1, 0.15) is 11.9 Å². The zero-order chi connectivity index (χ0) is 14.9. The number of fused-ring (bicyclic) bond motifs is 1. The lowest BCUT2D eigenvalue weighted by atomic mass is 10.0. The molecule has 1 aliphatic rings. The van der Waals surface area contributed by atoms with Gasteiger partial charge in [-0.25, -0.2) is 4.79 Å². The number of aliphatic hydroxyl groups is 1. The van der Waals surface area contributed by atoms with Crippen LogP contribution < -0.4 is 4.74 Å². The number of halogens is 3. The van der Waals surface area contributed by atoms with Crippen LogP contribution in [0.15, 0.2) is 18.2 Å². The lowest BCUT2D eigenvalue weighted by Gasteiger charge is -2.13. The van der Waals surface area contributed by atoms with Crippen LogP contribution in [0.1, 0.15) is 41.8 Å². The molecule has 7 heteroatoms. The summed E-state index contributed by atoms with van der Waals surface area (Å²) in [5.41, 5.74) is 0.590. The summed E-state index contributed by atoms with van der Waals surface area (Å²) in [4.78, 5) is 11.6. The Morgan fingerprint density at radius 1 is 1.45 bits per heavy atom. The van der Waals surface area contributed by atoms with E-state index in [1.807, 2.05) is 0 Å². The number of hydrogen-bond donors (Lipinski definition) is 1. The molecular weight excluding hydrogens is 277 g/mol. The van der Waals surface area contributed by atoms with Gasteiger partial charge in [0.05, 0.1) is 11.7 Å². The zero-order valence-electron chi connectivity index (χ0n) is 10.6. The molecule has 2 unspecified atom stereocenters. The lowest BCUT2D eigenvalue weighted by molar-refractivity contribution is -0.274. The first-order chi connectivity index (χ1) is 9.26. The Labute approximate surface area is 113 Å². The average Bonchev–Trinajstić information content (AvgIpc) is 2.61. The number of ether oxygens (including phenoxy) is 2. The Kier molecular flexibility index (Phi) is 3.89. The van der Waals surface area contributed by atoms with E-state index >= 15 is 0 Å². The lowest BCUT2D eigenvalue weighted by Crippen LogP contribution is -2.17. The summed E-state index contributed by atoms with van der Waals surface area (Å²) in [5.74, 6) is -0.967. The fraction of sp³-hybridized carbons (Fsp3) is 0.462. The van der Waals surface area contributed by atoms with E-state index in [0.717, 1.165) is 12.1 Å². The Bertz CT molecular complexity index is 511. The van der Waals surface area contributed by atoms with Gasteiger partial charge in [0.25, 0.3) is 0 Å². The minimum absolute atomic E-state index is 0.232. The molecule has 110 valence electrons. The second-order valence-corrected chi connectivity index (χ2v) is 4.62. The number of hydrogen-bond acceptors (Lipinski definition) is 4. The van der Waals surface area contributed by atoms with Crippen molar-refractivity contribution in [3.8, 4) is 5.75 Å². The second kappa shape index (κ2) is 5.32. The minimum Gasteiger partial charge on any atom is -0.454 e. The van der Waals surface area contributed by atoms with Gasteiger partial charge in [-0.3, -0.25) is 0 Å². The summed E-state index contributed by atoms with van der Waals surface area (Å²) in [6, 6.07) is 3.48. The quantitative estimate of drug-likeness (QED) is 0.866. The van der Waals surface area contributed by atoms with Crippen molar-refractivity contribution in [1.29, 1.82) is 0 Å². The van der Waals surface area contributed by atoms with E-state index in [4.69, 9.17) is 4.74 Å². The molecule has 2 atom stereocenters. The van der Waals surface area contributed by atoms with Gasteiger partial charge in [-0.05, 0) is 38.0 Å². The fourth-order valence-electron chi connectivity index (χ4n) is 2.05. The average molecular weight is 290 g/mol. The number of benzene rings is 1. The van der Waals surface area contributed by atoms with Crippen molar-refractivity contribution in [3.63, 3.8) is 0 Å². The number of esters is 1. The third kappa shape index (κ3) is 3.41. The molecule has 20 heavy (non-hydrogen) atoms. The third-order valence-corrected chi connectivity index (χ3v) is 2.92. The summed E-state index contributed by atoms with van der Waals surface area (Å²) < 4.78 is 45.4. The highest BCUT2D eigenvalue weighted by atomic mass is 19.4. The SMILES string of the molecule is CC(O)CCC1OC(=O)c2ccc(OC(F)(F)F)cc21. The third-order valence-electron chi connectivity index (χ3n) is 2.92. The van der Waals surface area contributed by atoms with Gasteiger partial charge in [-0.2, -0.15) is 0 Å². The van der Waals surface area contributed by atoms with Crippen molar-refractivity contribution in [2.24, 2.45) is 0 Å². The molecule has 0 bridgehead atoms. The molecule has 1 N–H and O–H groups in total. The number of alkyl halides is 3. The Hall–Kier alpha value is -1.76. The Morgan fingerprint density at radius 2 is 2.15 bits per heavy atom. The normalized spacial score (nSPS) is 19.4. The van der Waals surface area contributed by atoms with Crippen LogP contribution in [-0.4, -0.2) is 23.5 Å². The Balaban J connectivity index is 2.21. The van der Waals surface area contributed by atoms with Crippen LogP contribution in [0, 0.1) is 0 Å². The molecule has 1 aromatic carbocycles. The molecule has 0 fully saturated rings. The highest BCUT2D eigenvalue weighted by Crippen LogP contribution is 2.37. The first kappa shape index (κ1) is 14.6. The molecule has 0 aromatic heterocycles. The van der Waals surface area contributed by atoms with E-state index in [-0.39, 0.29) is 5.56 Å². The van der Waals surface area contributed by atoms with Crippen molar-refractivity contribution in [3.05, 3.63) is 29.3 Å². The fourth-order valence-corrected chi connectivity index (χ4v) is 2.05. The van der Waals surface area contributed by atoms with Crippen LogP contribution in [0.2, 0.25) is 0 Å². The van der Waals surface area contributed by atoms with E-state index < -0.39 is 30.3 Å². The first-order valence-corrected chi connectivity index (χ1v) is 6.05. The van der Waals surface area contributed by atoms with Gasteiger partial charge in [0.2, 0.25) is 0 Å². The monoisotopic (exact) mass is 290 g/mol. The number of carbonyl (C=O) groups is 1. The van der Waals surface area contributed by atoms with Crippen LogP contribution in [0.5, 0.6) is 5.75 Å². The van der Waals surface area contributed by atoms with Gasteiger partial charge >= 0.3 is 12.3 Å². The topological polar surface area (TPSA) is 55.8 Å². The zero-order valence-corrected chi connectivity index (χ0v) is 10.6. The van der Waals surface area contributed by atoms with Gasteiger partial charge in [0.15, 0.2) is 0 Å². The maximum atomic E-state index is 12.2. The molecule has 0 amide bonds. The molecular formula is C13H13F3O4. The molecule has 0 spiro atoms. The van der Waals surface area contributed by atoms with Crippen molar-refractivity contribution in [2.45, 2.75) is 38.3 Å². The van der Waals surface area contributed by atoms with Crippen LogP contribution in [0.4, 0.5) is 13.2 Å². The van der Waals surface area contributed by atoms with Crippen molar-refractivity contribution in [1.82, 2.24) is 0 Å². The summed E-state index contributed by atoms with van der Waals surface area (Å²) in [6.45, 7) is 1.58. The van der Waals surface area contributed by atoms with E-state index in [2.05, 4.69) is 4.74 Å². The molecule has 0 radical (unpaired) electrons. The van der Waals surface area contributed by atoms with Crippen molar-refractivity contribution in [2.75, 3.05) is 0 Å². The van der Waals surface area contributed by atoms with Crippen molar-refractivity contribution >= 4 is 5.97 Å². The van der Waals surface area contributed by atoms with Crippen molar-refractivity contribution < 1.29 is 32.5 Å². The maximum Gasteiger partial charge on any atom is 0.573 e. The molecule has 1 heterocycles. The molecule has 0 saturated heterocycles. The largest absolute Gasteiger partial charge is 0.573 e. The molecule has 2 rings (SSSR count). The standard InChI is InChI=1S/C13H13F3O4/c1-7(17)2-5-11-10-6-8(20-13(14,15)16)3-4-9(10)12(18)19-11/h3-4,6-7,11,17H,2,5H2,1H3. The highest BCUT2D eigenvalue weighted by Gasteiger charge is 2.34. The number of carbonyl (C=O) groups excluding carboxylic acids is 1. The summed E-state index contributed by atoms with van der Waals surface area (Å²) in [7, 11) is 0. The molecule has 1 aliphatic heterocycles. The van der Waals surface area contributed by atoms with E-state index in [0.29, 0.717) is 18.4 Å². The summed E-state index contributed by atoms with van der Waals surface area (Å²) in [5, 5.41) is 9.22. The maximum absolute atomic E-state index is 12.2. The van der Waals surface area contributed by atoms with E-state index in [1.165, 1.54) is 6.07 Å².